The summed E-state index contributed by atoms with van der Waals surface area (Å²) in [6.45, 7) is 3.83. The zero-order valence-electron chi connectivity index (χ0n) is 13.1. The number of piperidine rings is 1. The molecule has 3 rings (SSSR count). The van der Waals surface area contributed by atoms with E-state index >= 15 is 0 Å². The summed E-state index contributed by atoms with van der Waals surface area (Å²) >= 11 is 6.07. The Bertz CT molecular complexity index is 504. The van der Waals surface area contributed by atoms with Crippen molar-refractivity contribution >= 4 is 23.2 Å². The molecule has 0 aromatic heterocycles. The average Bonchev–Trinajstić information content (AvgIpc) is 2.84. The van der Waals surface area contributed by atoms with Gasteiger partial charge in [0.1, 0.15) is 0 Å². The van der Waals surface area contributed by atoms with Crippen LogP contribution >= 0.6 is 11.6 Å². The Morgan fingerprint density at radius 3 is 2.32 bits per heavy atom. The fraction of sp³-hybridized carbons (Fsp3) is 0.611. The Morgan fingerprint density at radius 2 is 1.68 bits per heavy atom. The number of hydrogen-bond acceptors (Lipinski definition) is 2. The lowest BCUT2D eigenvalue weighted by Gasteiger charge is -2.35. The van der Waals surface area contributed by atoms with Crippen LogP contribution in [0.15, 0.2) is 24.3 Å². The summed E-state index contributed by atoms with van der Waals surface area (Å²) in [6, 6.07) is 8.01. The van der Waals surface area contributed by atoms with Crippen molar-refractivity contribution in [2.24, 2.45) is 5.92 Å². The third-order valence-corrected chi connectivity index (χ3v) is 5.17. The summed E-state index contributed by atoms with van der Waals surface area (Å²) < 4.78 is 0. The van der Waals surface area contributed by atoms with Crippen LogP contribution in [-0.4, -0.2) is 37.0 Å². The zero-order valence-corrected chi connectivity index (χ0v) is 13.9. The van der Waals surface area contributed by atoms with E-state index in [4.69, 9.17) is 11.6 Å². The van der Waals surface area contributed by atoms with Crippen LogP contribution in [0.25, 0.3) is 0 Å². The van der Waals surface area contributed by atoms with Crippen LogP contribution in [0.2, 0.25) is 5.02 Å². The van der Waals surface area contributed by atoms with Crippen LogP contribution in [0.4, 0.5) is 5.69 Å². The first-order chi connectivity index (χ1) is 10.7. The van der Waals surface area contributed by atoms with Crippen molar-refractivity contribution in [2.45, 2.75) is 38.5 Å². The number of halogens is 1. The average molecular weight is 321 g/mol. The molecule has 0 aliphatic carbocycles. The molecule has 2 fully saturated rings. The van der Waals surface area contributed by atoms with Gasteiger partial charge in [0, 0.05) is 42.8 Å². The number of rotatable bonds is 2. The minimum atomic E-state index is 0.216. The molecule has 1 aromatic rings. The van der Waals surface area contributed by atoms with Crippen LogP contribution < -0.4 is 4.90 Å². The van der Waals surface area contributed by atoms with Gasteiger partial charge in [0.15, 0.2) is 0 Å². The quantitative estimate of drug-likeness (QED) is 0.823. The molecule has 0 unspecified atom stereocenters. The van der Waals surface area contributed by atoms with E-state index in [0.29, 0.717) is 5.91 Å². The predicted octanol–water partition coefficient (Wildman–Crippen LogP) is 3.96. The van der Waals surface area contributed by atoms with Gasteiger partial charge in [-0.25, -0.2) is 0 Å². The molecule has 2 heterocycles. The fourth-order valence-corrected chi connectivity index (χ4v) is 3.79. The molecule has 4 heteroatoms. The topological polar surface area (TPSA) is 23.6 Å². The molecule has 2 aliphatic rings. The highest BCUT2D eigenvalue weighted by atomic mass is 35.5. The number of hydrogen-bond donors (Lipinski definition) is 0. The number of carbonyl (C=O) groups excluding carboxylic acids is 1. The van der Waals surface area contributed by atoms with Crippen molar-refractivity contribution < 1.29 is 4.79 Å². The molecule has 0 radical (unpaired) electrons. The highest BCUT2D eigenvalue weighted by Crippen LogP contribution is 2.27. The summed E-state index contributed by atoms with van der Waals surface area (Å²) in [5.41, 5.74) is 1.17. The summed E-state index contributed by atoms with van der Waals surface area (Å²) in [4.78, 5) is 17.2. The summed E-state index contributed by atoms with van der Waals surface area (Å²) in [7, 11) is 0. The molecule has 0 bridgehead atoms. The highest BCUT2D eigenvalue weighted by Gasteiger charge is 2.28. The second-order valence-electron chi connectivity index (χ2n) is 6.48. The van der Waals surface area contributed by atoms with Gasteiger partial charge in [0.2, 0.25) is 5.91 Å². The lowest BCUT2D eigenvalue weighted by atomic mass is 9.94. The van der Waals surface area contributed by atoms with Gasteiger partial charge in [-0.05, 0) is 43.9 Å². The summed E-state index contributed by atoms with van der Waals surface area (Å²) in [5, 5.41) is 0.778. The smallest absolute Gasteiger partial charge is 0.225 e. The monoisotopic (exact) mass is 320 g/mol. The van der Waals surface area contributed by atoms with E-state index in [0.717, 1.165) is 44.0 Å². The first-order valence-corrected chi connectivity index (χ1v) is 8.91. The van der Waals surface area contributed by atoms with Crippen LogP contribution in [-0.2, 0) is 4.79 Å². The van der Waals surface area contributed by atoms with Crippen LogP contribution in [0.3, 0.4) is 0 Å². The minimum Gasteiger partial charge on any atom is -0.371 e. The largest absolute Gasteiger partial charge is 0.371 e. The molecule has 2 aliphatic heterocycles. The van der Waals surface area contributed by atoms with Crippen molar-refractivity contribution in [3.05, 3.63) is 29.3 Å². The third kappa shape index (κ3) is 3.75. The van der Waals surface area contributed by atoms with Crippen molar-refractivity contribution in [3.63, 3.8) is 0 Å². The Hall–Kier alpha value is -1.22. The molecule has 0 atom stereocenters. The van der Waals surface area contributed by atoms with Gasteiger partial charge < -0.3 is 9.80 Å². The predicted molar refractivity (Wildman–Crippen MR) is 91.4 cm³/mol. The van der Waals surface area contributed by atoms with Crippen molar-refractivity contribution in [1.82, 2.24) is 4.90 Å². The van der Waals surface area contributed by atoms with E-state index in [9.17, 15) is 4.79 Å². The number of amides is 1. The maximum atomic E-state index is 12.7. The SMILES string of the molecule is O=C(C1CCN(c2cccc(Cl)c2)CC1)N1CCCCCC1. The van der Waals surface area contributed by atoms with Crippen molar-refractivity contribution in [2.75, 3.05) is 31.1 Å². The molecular formula is C18H25ClN2O. The second-order valence-corrected chi connectivity index (χ2v) is 6.92. The summed E-state index contributed by atoms with van der Waals surface area (Å²) in [6.07, 6.45) is 6.82. The lowest BCUT2D eigenvalue weighted by Crippen LogP contribution is -2.43. The minimum absolute atomic E-state index is 0.216. The molecular weight excluding hydrogens is 296 g/mol. The van der Waals surface area contributed by atoms with E-state index in [1.807, 2.05) is 18.2 Å². The fourth-order valence-electron chi connectivity index (χ4n) is 3.61. The number of nitrogens with zero attached hydrogens (tertiary/aromatic N) is 2. The van der Waals surface area contributed by atoms with Gasteiger partial charge in [-0.15, -0.1) is 0 Å². The van der Waals surface area contributed by atoms with Crippen LogP contribution in [0, 0.1) is 5.92 Å². The molecule has 22 heavy (non-hydrogen) atoms. The van der Waals surface area contributed by atoms with Crippen molar-refractivity contribution in [3.8, 4) is 0 Å². The van der Waals surface area contributed by atoms with Crippen LogP contribution in [0.5, 0.6) is 0 Å². The standard InChI is InChI=1S/C18H25ClN2O/c19-16-6-5-7-17(14-16)20-12-8-15(9-13-20)18(22)21-10-3-1-2-4-11-21/h5-7,14-15H,1-4,8-13H2. The van der Waals surface area contributed by atoms with Gasteiger partial charge in [0.25, 0.3) is 0 Å². The molecule has 120 valence electrons. The number of benzene rings is 1. The third-order valence-electron chi connectivity index (χ3n) is 4.94. The van der Waals surface area contributed by atoms with E-state index in [2.05, 4.69) is 15.9 Å². The molecule has 3 nitrogen and oxygen atoms in total. The Labute approximate surface area is 138 Å². The van der Waals surface area contributed by atoms with Gasteiger partial charge >= 0.3 is 0 Å². The molecule has 0 saturated carbocycles. The second kappa shape index (κ2) is 7.36. The van der Waals surface area contributed by atoms with Gasteiger partial charge in [-0.2, -0.15) is 0 Å². The van der Waals surface area contributed by atoms with Crippen molar-refractivity contribution in [1.29, 1.82) is 0 Å². The maximum Gasteiger partial charge on any atom is 0.225 e. The lowest BCUT2D eigenvalue weighted by molar-refractivity contribution is -0.136. The number of likely N-dealkylation sites (tertiary alicyclic amines) is 1. The first kappa shape index (κ1) is 15.7. The molecule has 1 aromatic carbocycles. The van der Waals surface area contributed by atoms with E-state index in [-0.39, 0.29) is 5.92 Å². The Morgan fingerprint density at radius 1 is 1.00 bits per heavy atom. The van der Waals surface area contributed by atoms with E-state index in [1.165, 1.54) is 31.4 Å². The summed E-state index contributed by atoms with van der Waals surface area (Å²) in [5.74, 6) is 0.612. The molecule has 0 spiro atoms. The zero-order chi connectivity index (χ0) is 15.4. The molecule has 0 N–H and O–H groups in total. The number of anilines is 1. The first-order valence-electron chi connectivity index (χ1n) is 8.53. The highest BCUT2D eigenvalue weighted by molar-refractivity contribution is 6.30. The number of carbonyl (C=O) groups is 1. The van der Waals surface area contributed by atoms with Gasteiger partial charge in [-0.3, -0.25) is 4.79 Å². The maximum absolute atomic E-state index is 12.7. The molecule has 1 amide bonds. The Kier molecular flexibility index (Phi) is 5.24. The van der Waals surface area contributed by atoms with E-state index in [1.54, 1.807) is 0 Å². The molecule has 2 saturated heterocycles. The van der Waals surface area contributed by atoms with Gasteiger partial charge in [-0.1, -0.05) is 30.5 Å². The Balaban J connectivity index is 1.55. The van der Waals surface area contributed by atoms with Crippen LogP contribution in [0.1, 0.15) is 38.5 Å². The van der Waals surface area contributed by atoms with E-state index < -0.39 is 0 Å². The normalized spacial score (nSPS) is 20.8. The van der Waals surface area contributed by atoms with Gasteiger partial charge in [0.05, 0.1) is 0 Å².